The van der Waals surface area contributed by atoms with Crippen LogP contribution < -0.4 is 4.90 Å². The van der Waals surface area contributed by atoms with Crippen molar-refractivity contribution in [1.82, 2.24) is 14.8 Å². The number of nitrogens with zero attached hydrogens (tertiary/aromatic N) is 3. The van der Waals surface area contributed by atoms with E-state index in [0.29, 0.717) is 0 Å². The van der Waals surface area contributed by atoms with Gasteiger partial charge in [0.05, 0.1) is 0 Å². The molecule has 3 aromatic rings. The van der Waals surface area contributed by atoms with Gasteiger partial charge in [-0.2, -0.15) is 0 Å². The van der Waals surface area contributed by atoms with Gasteiger partial charge in [0, 0.05) is 41.9 Å². The summed E-state index contributed by atoms with van der Waals surface area (Å²) in [6.07, 6.45) is 19.0. The number of H-pyrrole nitrogens is 1. The molecular formula is C41H70N4. The molecule has 0 radical (unpaired) electrons. The molecule has 1 saturated heterocycles. The molecule has 2 aliphatic heterocycles. The van der Waals surface area contributed by atoms with Gasteiger partial charge < -0.3 is 19.7 Å². The molecule has 6 rings (SSSR count). The molecule has 4 heteroatoms. The molecule has 4 nitrogen and oxygen atoms in total. The SMILES string of the molecule is CC.CC.CCCC1CCN(C2CCCCC2)CC1.CN(C)C.Cc1ccc2c(c1)CCCN2CCc1c[nH]c2ccccc12. The Kier molecular flexibility index (Phi) is 19.2. The topological polar surface area (TPSA) is 25.5 Å². The number of para-hydroxylation sites is 1. The summed E-state index contributed by atoms with van der Waals surface area (Å²) in [5.41, 5.74) is 7.00. The Labute approximate surface area is 279 Å². The van der Waals surface area contributed by atoms with E-state index >= 15 is 0 Å². The molecular weight excluding hydrogens is 548 g/mol. The second-order valence-corrected chi connectivity index (χ2v) is 13.2. The zero-order valence-electron chi connectivity index (χ0n) is 30.9. The maximum atomic E-state index is 3.38. The molecule has 3 aliphatic rings. The highest BCUT2D eigenvalue weighted by Gasteiger charge is 2.25. The number of rotatable bonds is 6. The van der Waals surface area contributed by atoms with Crippen LogP contribution >= 0.6 is 0 Å². The van der Waals surface area contributed by atoms with Crippen LogP contribution in [0, 0.1) is 12.8 Å². The predicted octanol–water partition coefficient (Wildman–Crippen LogP) is 10.5. The summed E-state index contributed by atoms with van der Waals surface area (Å²) < 4.78 is 0. The van der Waals surface area contributed by atoms with Gasteiger partial charge in [-0.15, -0.1) is 0 Å². The van der Waals surface area contributed by atoms with Crippen molar-refractivity contribution >= 4 is 16.6 Å². The van der Waals surface area contributed by atoms with Crippen molar-refractivity contribution in [3.63, 3.8) is 0 Å². The van der Waals surface area contributed by atoms with Crippen molar-refractivity contribution in [3.05, 3.63) is 65.4 Å². The summed E-state index contributed by atoms with van der Waals surface area (Å²) >= 11 is 0. The summed E-state index contributed by atoms with van der Waals surface area (Å²) in [6, 6.07) is 16.4. The molecule has 3 heterocycles. The predicted molar refractivity (Wildman–Crippen MR) is 202 cm³/mol. The fourth-order valence-electron chi connectivity index (χ4n) is 7.09. The Morgan fingerprint density at radius 2 is 1.49 bits per heavy atom. The first-order valence-electron chi connectivity index (χ1n) is 18.7. The molecule has 254 valence electrons. The van der Waals surface area contributed by atoms with Crippen LogP contribution in [0.2, 0.25) is 0 Å². The van der Waals surface area contributed by atoms with Crippen LogP contribution in [0.4, 0.5) is 5.69 Å². The van der Waals surface area contributed by atoms with E-state index in [1.54, 1.807) is 0 Å². The molecule has 2 fully saturated rings. The van der Waals surface area contributed by atoms with E-state index in [4.69, 9.17) is 0 Å². The quantitative estimate of drug-likeness (QED) is 0.298. The average Bonchev–Trinajstić information content (AvgIpc) is 3.49. The molecule has 2 aromatic carbocycles. The lowest BCUT2D eigenvalue weighted by molar-refractivity contribution is 0.104. The molecule has 0 amide bonds. The number of hydrogen-bond donors (Lipinski definition) is 1. The number of fused-ring (bicyclic) bond motifs is 2. The van der Waals surface area contributed by atoms with Crippen molar-refractivity contribution in [1.29, 1.82) is 0 Å². The standard InChI is InChI=1S/C20H22N2.C14H27N.C3H9N.2C2H6/c1-15-8-9-20-16(13-15)5-4-11-22(20)12-10-17-14-21-19-7-3-2-6-18(17)19;1-2-6-13-9-11-15(12-10-13)14-7-4-3-5-8-14;1-4(2)3;2*1-2/h2-3,6-9,13-14,21H,4-5,10-12H2,1H3;13-14H,2-12H2,1H3;1-3H3;2*1-2H3. The van der Waals surface area contributed by atoms with Gasteiger partial charge in [-0.3, -0.25) is 0 Å². The lowest BCUT2D eigenvalue weighted by Crippen LogP contribution is -2.42. The van der Waals surface area contributed by atoms with E-state index in [9.17, 15) is 0 Å². The van der Waals surface area contributed by atoms with E-state index in [-0.39, 0.29) is 0 Å². The number of piperidine rings is 1. The lowest BCUT2D eigenvalue weighted by Gasteiger charge is -2.39. The number of nitrogens with one attached hydrogen (secondary N) is 1. The molecule has 0 atom stereocenters. The number of aromatic nitrogens is 1. The van der Waals surface area contributed by atoms with Crippen LogP contribution in [0.15, 0.2) is 48.7 Å². The van der Waals surface area contributed by atoms with Gasteiger partial charge in [0.2, 0.25) is 0 Å². The minimum Gasteiger partial charge on any atom is -0.371 e. The molecule has 1 N–H and O–H groups in total. The van der Waals surface area contributed by atoms with Gasteiger partial charge in [0.15, 0.2) is 0 Å². The fraction of sp³-hybridized carbons (Fsp3) is 0.659. The van der Waals surface area contributed by atoms with Gasteiger partial charge in [-0.05, 0) is 115 Å². The first kappa shape index (κ1) is 38.9. The van der Waals surface area contributed by atoms with E-state index in [1.807, 2.05) is 53.7 Å². The zero-order valence-corrected chi connectivity index (χ0v) is 30.9. The molecule has 45 heavy (non-hydrogen) atoms. The van der Waals surface area contributed by atoms with Crippen molar-refractivity contribution in [2.24, 2.45) is 5.92 Å². The minimum atomic E-state index is 0.960. The summed E-state index contributed by atoms with van der Waals surface area (Å²) in [6.45, 7) is 17.6. The van der Waals surface area contributed by atoms with Crippen LogP contribution in [0.5, 0.6) is 0 Å². The Morgan fingerprint density at radius 1 is 0.822 bits per heavy atom. The second-order valence-electron chi connectivity index (χ2n) is 13.2. The van der Waals surface area contributed by atoms with Crippen LogP contribution in [0.3, 0.4) is 0 Å². The van der Waals surface area contributed by atoms with Crippen molar-refractivity contribution in [2.75, 3.05) is 52.2 Å². The highest BCUT2D eigenvalue weighted by atomic mass is 15.2. The fourth-order valence-corrected chi connectivity index (χ4v) is 7.09. The van der Waals surface area contributed by atoms with Crippen LogP contribution in [0.1, 0.15) is 116 Å². The minimum absolute atomic E-state index is 0.960. The smallest absolute Gasteiger partial charge is 0.0456 e. The van der Waals surface area contributed by atoms with Crippen molar-refractivity contribution in [2.45, 2.75) is 125 Å². The number of aryl methyl sites for hydroxylation is 2. The average molecular weight is 619 g/mol. The maximum absolute atomic E-state index is 3.38. The first-order chi connectivity index (χ1) is 21.9. The van der Waals surface area contributed by atoms with Crippen LogP contribution in [-0.4, -0.2) is 68.1 Å². The Balaban J connectivity index is 0.000000267. The first-order valence-corrected chi connectivity index (χ1v) is 18.7. The largest absolute Gasteiger partial charge is 0.371 e. The summed E-state index contributed by atoms with van der Waals surface area (Å²) in [5, 5.41) is 1.36. The number of hydrogen-bond acceptors (Lipinski definition) is 3. The highest BCUT2D eigenvalue weighted by Crippen LogP contribution is 2.30. The Hall–Kier alpha value is -2.30. The van der Waals surface area contributed by atoms with Gasteiger partial charge in [-0.1, -0.05) is 103 Å². The zero-order chi connectivity index (χ0) is 33.0. The maximum Gasteiger partial charge on any atom is 0.0456 e. The van der Waals surface area contributed by atoms with Gasteiger partial charge in [-0.25, -0.2) is 0 Å². The third-order valence-electron chi connectivity index (χ3n) is 9.21. The van der Waals surface area contributed by atoms with Gasteiger partial charge in [0.25, 0.3) is 0 Å². The Bertz CT molecular complexity index is 1150. The second kappa shape index (κ2) is 22.3. The van der Waals surface area contributed by atoms with E-state index in [2.05, 4.69) is 77.3 Å². The number of aromatic amines is 1. The number of likely N-dealkylation sites (tertiary alicyclic amines) is 1. The van der Waals surface area contributed by atoms with Crippen LogP contribution in [-0.2, 0) is 12.8 Å². The van der Waals surface area contributed by atoms with E-state index < -0.39 is 0 Å². The molecule has 1 aromatic heterocycles. The number of benzene rings is 2. The monoisotopic (exact) mass is 619 g/mol. The van der Waals surface area contributed by atoms with Gasteiger partial charge >= 0.3 is 0 Å². The number of anilines is 1. The molecule has 1 aliphatic carbocycles. The van der Waals surface area contributed by atoms with Gasteiger partial charge in [0.1, 0.15) is 0 Å². The summed E-state index contributed by atoms with van der Waals surface area (Å²) in [5.74, 6) is 1.05. The van der Waals surface area contributed by atoms with E-state index in [1.165, 1.54) is 124 Å². The summed E-state index contributed by atoms with van der Waals surface area (Å²) in [7, 11) is 6.00. The molecule has 0 spiro atoms. The third kappa shape index (κ3) is 13.1. The Morgan fingerprint density at radius 3 is 2.16 bits per heavy atom. The lowest BCUT2D eigenvalue weighted by atomic mass is 9.88. The van der Waals surface area contributed by atoms with Crippen molar-refractivity contribution < 1.29 is 0 Å². The normalized spacial score (nSPS) is 17.1. The van der Waals surface area contributed by atoms with Crippen LogP contribution in [0.25, 0.3) is 10.9 Å². The molecule has 0 bridgehead atoms. The summed E-state index contributed by atoms with van der Waals surface area (Å²) in [4.78, 5) is 10.7. The third-order valence-corrected chi connectivity index (χ3v) is 9.21. The molecule has 0 unspecified atom stereocenters. The highest BCUT2D eigenvalue weighted by molar-refractivity contribution is 5.83. The molecule has 1 saturated carbocycles. The van der Waals surface area contributed by atoms with E-state index in [0.717, 1.165) is 24.9 Å². The van der Waals surface area contributed by atoms with Crippen molar-refractivity contribution in [3.8, 4) is 0 Å².